The number of hydrogen-bond acceptors (Lipinski definition) is 1. The van der Waals surface area contributed by atoms with Gasteiger partial charge in [0.1, 0.15) is 11.3 Å². The lowest BCUT2D eigenvalue weighted by molar-refractivity contribution is 0.595. The molecule has 0 radical (unpaired) electrons. The molecule has 1 nitrogen and oxygen atoms in total. The molecule has 0 bridgehead atoms. The van der Waals surface area contributed by atoms with E-state index in [4.69, 9.17) is 16.0 Å². The Kier molecular flexibility index (Phi) is 4.37. The quantitative estimate of drug-likeness (QED) is 0.229. The maximum Gasteiger partial charge on any atom is 0.135 e. The van der Waals surface area contributed by atoms with Crippen molar-refractivity contribution in [3.8, 4) is 22.3 Å². The van der Waals surface area contributed by atoms with Crippen LogP contribution in [0.15, 0.2) is 87.8 Å². The van der Waals surface area contributed by atoms with E-state index < -0.39 is 0 Å². The number of furan rings is 1. The predicted octanol–water partition coefficient (Wildman–Crippen LogP) is 9.45. The van der Waals surface area contributed by atoms with Crippen molar-refractivity contribution < 1.29 is 4.42 Å². The van der Waals surface area contributed by atoms with E-state index >= 15 is 0 Å². The lowest BCUT2D eigenvalue weighted by Gasteiger charge is -2.33. The van der Waals surface area contributed by atoms with Crippen molar-refractivity contribution in [2.24, 2.45) is 0 Å². The van der Waals surface area contributed by atoms with Crippen molar-refractivity contribution in [3.05, 3.63) is 111 Å². The fourth-order valence-electron chi connectivity index (χ4n) is 5.90. The van der Waals surface area contributed by atoms with Crippen LogP contribution in [0.3, 0.4) is 0 Å². The van der Waals surface area contributed by atoms with Gasteiger partial charge in [-0.15, -0.1) is 0 Å². The zero-order chi connectivity index (χ0) is 22.1. The maximum absolute atomic E-state index is 6.59. The van der Waals surface area contributed by atoms with E-state index in [1.807, 2.05) is 6.07 Å². The maximum atomic E-state index is 6.59. The Bertz CT molecular complexity index is 1550. The van der Waals surface area contributed by atoms with Gasteiger partial charge in [0.05, 0.1) is 0 Å². The van der Waals surface area contributed by atoms with Crippen LogP contribution in [0.5, 0.6) is 0 Å². The SMILES string of the molecule is Clc1ccc2c(c1)-c1cccc(Br)c1C1C=CC=CC1c1ccc3oc4c(c3c1-2)CCC=C4. The highest BCUT2D eigenvalue weighted by molar-refractivity contribution is 9.10. The monoisotopic (exact) mass is 510 g/mol. The Balaban J connectivity index is 1.69. The molecule has 0 aliphatic heterocycles. The molecule has 2 unspecified atom stereocenters. The van der Waals surface area contributed by atoms with Gasteiger partial charge in [-0.1, -0.05) is 82.2 Å². The summed E-state index contributed by atoms with van der Waals surface area (Å²) < 4.78 is 7.48. The number of fused-ring (bicyclic) bond motifs is 12. The second-order valence-corrected chi connectivity index (χ2v) is 10.3. The van der Waals surface area contributed by atoms with Crippen LogP contribution in [0.25, 0.3) is 39.3 Å². The molecule has 4 aromatic rings. The van der Waals surface area contributed by atoms with Crippen LogP contribution >= 0.6 is 27.5 Å². The average Bonchev–Trinajstić information content (AvgIpc) is 3.21. The fourth-order valence-corrected chi connectivity index (χ4v) is 6.71. The standard InChI is InChI=1S/C30H20BrClO/c31-25-10-5-9-20-24-16-17(32)12-13-22(24)29-21(18-6-1-2-7-19(18)28(20)25)14-15-27-30(29)23-8-3-4-11-26(23)33-27/h1-2,4-7,9-16,18-19H,3,8H2. The Hall–Kier alpha value is -2.81. The number of hydrogen-bond donors (Lipinski definition) is 0. The Morgan fingerprint density at radius 3 is 2.70 bits per heavy atom. The minimum atomic E-state index is 0.228. The Morgan fingerprint density at radius 2 is 1.79 bits per heavy atom. The van der Waals surface area contributed by atoms with E-state index in [0.29, 0.717) is 0 Å². The van der Waals surface area contributed by atoms with E-state index in [-0.39, 0.29) is 11.8 Å². The molecule has 7 rings (SSSR count). The fraction of sp³-hybridized carbons (Fsp3) is 0.133. The molecule has 0 saturated heterocycles. The molecule has 0 saturated carbocycles. The second kappa shape index (κ2) is 7.35. The summed E-state index contributed by atoms with van der Waals surface area (Å²) in [5.74, 6) is 1.47. The van der Waals surface area contributed by atoms with Crippen molar-refractivity contribution in [2.75, 3.05) is 0 Å². The second-order valence-electron chi connectivity index (χ2n) is 9.00. The van der Waals surface area contributed by atoms with Crippen molar-refractivity contribution in [3.63, 3.8) is 0 Å². The normalized spacial score (nSPS) is 19.8. The molecular formula is C30H20BrClO. The molecule has 3 heteroatoms. The van der Waals surface area contributed by atoms with Gasteiger partial charge in [-0.25, -0.2) is 0 Å². The summed E-state index contributed by atoms with van der Waals surface area (Å²) in [5, 5.41) is 2.01. The van der Waals surface area contributed by atoms with Crippen LogP contribution in [0, 0.1) is 0 Å². The minimum absolute atomic E-state index is 0.228. The molecule has 33 heavy (non-hydrogen) atoms. The molecule has 1 heterocycles. The smallest absolute Gasteiger partial charge is 0.135 e. The highest BCUT2D eigenvalue weighted by atomic mass is 79.9. The van der Waals surface area contributed by atoms with Crippen LogP contribution in [0.2, 0.25) is 5.02 Å². The molecule has 3 aromatic carbocycles. The van der Waals surface area contributed by atoms with Gasteiger partial charge in [0, 0.05) is 32.3 Å². The Morgan fingerprint density at radius 1 is 0.909 bits per heavy atom. The van der Waals surface area contributed by atoms with Crippen molar-refractivity contribution in [2.45, 2.75) is 24.7 Å². The molecule has 0 spiro atoms. The topological polar surface area (TPSA) is 13.1 Å². The van der Waals surface area contributed by atoms with E-state index in [1.54, 1.807) is 0 Å². The number of benzene rings is 3. The number of rotatable bonds is 0. The third-order valence-corrected chi connectivity index (χ3v) is 8.20. The van der Waals surface area contributed by atoms with Crippen molar-refractivity contribution in [1.29, 1.82) is 0 Å². The first-order valence-electron chi connectivity index (χ1n) is 11.4. The molecule has 0 fully saturated rings. The van der Waals surface area contributed by atoms with E-state index in [1.165, 1.54) is 44.3 Å². The van der Waals surface area contributed by atoms with Crippen LogP contribution in [0.4, 0.5) is 0 Å². The molecule has 0 amide bonds. The first-order chi connectivity index (χ1) is 16.2. The Labute approximate surface area is 206 Å². The van der Waals surface area contributed by atoms with Gasteiger partial charge in [-0.05, 0) is 76.6 Å². The van der Waals surface area contributed by atoms with Crippen LogP contribution < -0.4 is 0 Å². The summed E-state index contributed by atoms with van der Waals surface area (Å²) >= 11 is 10.5. The zero-order valence-corrected chi connectivity index (χ0v) is 20.2. The third kappa shape index (κ3) is 2.84. The lowest BCUT2D eigenvalue weighted by Crippen LogP contribution is -2.15. The zero-order valence-electron chi connectivity index (χ0n) is 17.8. The first kappa shape index (κ1) is 19.6. The van der Waals surface area contributed by atoms with Crippen molar-refractivity contribution >= 4 is 44.6 Å². The van der Waals surface area contributed by atoms with Crippen molar-refractivity contribution in [1.82, 2.24) is 0 Å². The third-order valence-electron chi connectivity index (χ3n) is 7.27. The van der Waals surface area contributed by atoms with E-state index in [9.17, 15) is 0 Å². The number of halogens is 2. The summed E-state index contributed by atoms with van der Waals surface area (Å²) in [6, 6.07) is 17.3. The largest absolute Gasteiger partial charge is 0.456 e. The average molecular weight is 512 g/mol. The van der Waals surface area contributed by atoms with Gasteiger partial charge in [-0.3, -0.25) is 0 Å². The molecule has 1 aromatic heterocycles. The number of aryl methyl sites for hydroxylation is 1. The molecule has 2 atom stereocenters. The van der Waals surface area contributed by atoms with Gasteiger partial charge in [0.25, 0.3) is 0 Å². The van der Waals surface area contributed by atoms with Crippen LogP contribution in [-0.2, 0) is 6.42 Å². The highest BCUT2D eigenvalue weighted by Gasteiger charge is 2.34. The first-order valence-corrected chi connectivity index (χ1v) is 12.6. The van der Waals surface area contributed by atoms with Gasteiger partial charge in [0.15, 0.2) is 0 Å². The molecular weight excluding hydrogens is 492 g/mol. The molecule has 160 valence electrons. The van der Waals surface area contributed by atoms with Crippen LogP contribution in [0.1, 0.15) is 40.7 Å². The molecule has 3 aliphatic rings. The summed E-state index contributed by atoms with van der Waals surface area (Å²) in [4.78, 5) is 0. The summed E-state index contributed by atoms with van der Waals surface area (Å²) in [7, 11) is 0. The summed E-state index contributed by atoms with van der Waals surface area (Å²) in [6.45, 7) is 0. The lowest BCUT2D eigenvalue weighted by atomic mass is 9.71. The van der Waals surface area contributed by atoms with E-state index in [0.717, 1.165) is 33.7 Å². The predicted molar refractivity (Wildman–Crippen MR) is 141 cm³/mol. The van der Waals surface area contributed by atoms with Gasteiger partial charge >= 0.3 is 0 Å². The highest BCUT2D eigenvalue weighted by Crippen LogP contribution is 2.54. The summed E-state index contributed by atoms with van der Waals surface area (Å²) in [6.07, 6.45) is 15.4. The van der Waals surface area contributed by atoms with Gasteiger partial charge in [0.2, 0.25) is 0 Å². The minimum Gasteiger partial charge on any atom is -0.456 e. The molecule has 3 aliphatic carbocycles. The number of allylic oxidation sites excluding steroid dienone is 5. The van der Waals surface area contributed by atoms with Crippen LogP contribution in [-0.4, -0.2) is 0 Å². The van der Waals surface area contributed by atoms with Gasteiger partial charge in [-0.2, -0.15) is 0 Å². The van der Waals surface area contributed by atoms with E-state index in [2.05, 4.69) is 94.9 Å². The molecule has 0 N–H and O–H groups in total. The van der Waals surface area contributed by atoms with Gasteiger partial charge < -0.3 is 4.42 Å². The summed E-state index contributed by atoms with van der Waals surface area (Å²) in [5.41, 5.74) is 9.87.